The van der Waals surface area contributed by atoms with Crippen LogP contribution in [-0.4, -0.2) is 0 Å². The van der Waals surface area contributed by atoms with Gasteiger partial charge >= 0.3 is 35.4 Å². The molecule has 0 rings (SSSR count). The van der Waals surface area contributed by atoms with Crippen LogP contribution in [0.15, 0.2) is 0 Å². The van der Waals surface area contributed by atoms with Gasteiger partial charge in [0, 0.05) is 0 Å². The van der Waals surface area contributed by atoms with Crippen molar-refractivity contribution < 1.29 is 15.0 Å². The molecule has 3 nitrogen and oxygen atoms in total. The van der Waals surface area contributed by atoms with Gasteiger partial charge in [0.05, 0.1) is 0 Å². The van der Waals surface area contributed by atoms with E-state index < -0.39 is 0 Å². The Labute approximate surface area is 42.3 Å². The molecule has 34 valence electrons. The summed E-state index contributed by atoms with van der Waals surface area (Å²) in [6.07, 6.45) is 0. The third kappa shape index (κ3) is 9.82. The predicted octanol–water partition coefficient (Wildman–Crippen LogP) is 0.193. The molecule has 0 aliphatic carbocycles. The fourth-order valence-corrected chi connectivity index (χ4v) is 0.0729. The van der Waals surface area contributed by atoms with Gasteiger partial charge in [-0.05, 0) is 0 Å². The predicted molar refractivity (Wildman–Crippen MR) is 16.2 cm³/mol. The van der Waals surface area contributed by atoms with E-state index in [0.717, 1.165) is 0 Å². The SMILES string of the molecule is N.N#[C][Fe][C]#N. The van der Waals surface area contributed by atoms with Crippen molar-refractivity contribution in [3.63, 3.8) is 0 Å². The van der Waals surface area contributed by atoms with Gasteiger partial charge in [0.1, 0.15) is 0 Å². The van der Waals surface area contributed by atoms with Crippen molar-refractivity contribution in [2.75, 3.05) is 0 Å². The first-order chi connectivity index (χ1) is 2.41. The summed E-state index contributed by atoms with van der Waals surface area (Å²) in [4.78, 5) is 3.31. The van der Waals surface area contributed by atoms with Crippen LogP contribution >= 0.6 is 0 Å². The molecule has 3 N–H and O–H groups in total. The van der Waals surface area contributed by atoms with Crippen LogP contribution in [0, 0.1) is 20.5 Å². The van der Waals surface area contributed by atoms with E-state index in [1.807, 2.05) is 0 Å². The quantitative estimate of drug-likeness (QED) is 0.469. The summed E-state index contributed by atoms with van der Waals surface area (Å²) < 4.78 is 0. The van der Waals surface area contributed by atoms with Crippen LogP contribution in [0.25, 0.3) is 0 Å². The Morgan fingerprint density at radius 1 is 1.17 bits per heavy atom. The molecular formula is C2H3FeN3. The van der Waals surface area contributed by atoms with E-state index in [2.05, 4.69) is 0 Å². The molecule has 0 spiro atoms. The molecule has 0 aliphatic rings. The Hall–Kier alpha value is -0.541. The Morgan fingerprint density at radius 3 is 1.50 bits per heavy atom. The fraction of sp³-hybridized carbons (Fsp3) is 0. The average Bonchev–Trinajstić information content (AvgIpc) is 1.41. The van der Waals surface area contributed by atoms with Crippen LogP contribution in [-0.2, 0) is 15.0 Å². The van der Waals surface area contributed by atoms with Crippen molar-refractivity contribution in [2.24, 2.45) is 0 Å². The summed E-state index contributed by atoms with van der Waals surface area (Å²) in [6, 6.07) is 0. The van der Waals surface area contributed by atoms with Crippen LogP contribution < -0.4 is 6.15 Å². The number of rotatable bonds is 0. The van der Waals surface area contributed by atoms with E-state index in [9.17, 15) is 0 Å². The molecule has 0 radical (unpaired) electrons. The maximum absolute atomic E-state index is 7.59. The molecule has 0 aliphatic heterocycles. The van der Waals surface area contributed by atoms with E-state index >= 15 is 0 Å². The van der Waals surface area contributed by atoms with E-state index in [1.54, 1.807) is 9.94 Å². The molecule has 0 atom stereocenters. The molecule has 0 amide bonds. The first-order valence-corrected chi connectivity index (χ1v) is 1.90. The van der Waals surface area contributed by atoms with Crippen molar-refractivity contribution >= 4 is 0 Å². The van der Waals surface area contributed by atoms with Crippen molar-refractivity contribution in [2.45, 2.75) is 0 Å². The molecule has 0 aromatic heterocycles. The maximum atomic E-state index is 7.59. The minimum atomic E-state index is 0. The van der Waals surface area contributed by atoms with Gasteiger partial charge in [-0.15, -0.1) is 0 Å². The molecule has 6 heavy (non-hydrogen) atoms. The second kappa shape index (κ2) is 8.82. The van der Waals surface area contributed by atoms with E-state index in [4.69, 9.17) is 10.5 Å². The molecule has 4 heteroatoms. The summed E-state index contributed by atoms with van der Waals surface area (Å²) in [7, 11) is 0. The van der Waals surface area contributed by atoms with Crippen LogP contribution in [0.3, 0.4) is 0 Å². The molecule has 0 aromatic rings. The summed E-state index contributed by atoms with van der Waals surface area (Å²) in [6.45, 7) is 0. The zero-order valence-corrected chi connectivity index (χ0v) is 4.06. The van der Waals surface area contributed by atoms with Crippen molar-refractivity contribution in [1.29, 1.82) is 10.5 Å². The first kappa shape index (κ1) is 9.07. The molecule has 0 unspecified atom stereocenters. The van der Waals surface area contributed by atoms with Crippen LogP contribution in [0.1, 0.15) is 0 Å². The molecule has 0 fully saturated rings. The Balaban J connectivity index is 0. The van der Waals surface area contributed by atoms with Gasteiger partial charge in [0.2, 0.25) is 0 Å². The molecule has 0 saturated carbocycles. The number of hydrogen-bond acceptors (Lipinski definition) is 3. The van der Waals surface area contributed by atoms with Gasteiger partial charge < -0.3 is 6.15 Å². The summed E-state index contributed by atoms with van der Waals surface area (Å²) in [5.74, 6) is 0. The topological polar surface area (TPSA) is 82.6 Å². The zero-order chi connectivity index (χ0) is 4.12. The fourth-order valence-electron chi connectivity index (χ4n) is 0.0177. The first-order valence-electron chi connectivity index (χ1n) is 0.801. The van der Waals surface area contributed by atoms with E-state index in [0.29, 0.717) is 0 Å². The molecule has 0 aromatic carbocycles. The monoisotopic (exact) mass is 125 g/mol. The van der Waals surface area contributed by atoms with Crippen molar-refractivity contribution in [3.05, 3.63) is 0 Å². The second-order valence-corrected chi connectivity index (χ2v) is 1.02. The zero-order valence-electron chi connectivity index (χ0n) is 2.96. The summed E-state index contributed by atoms with van der Waals surface area (Å²) in [5.41, 5.74) is 0. The second-order valence-electron chi connectivity index (χ2n) is 0.247. The van der Waals surface area contributed by atoms with Crippen LogP contribution in [0.5, 0.6) is 0 Å². The average molecular weight is 125 g/mol. The third-order valence-corrected chi connectivity index (χ3v) is 0.326. The van der Waals surface area contributed by atoms with Crippen molar-refractivity contribution in [3.8, 4) is 9.94 Å². The van der Waals surface area contributed by atoms with Gasteiger partial charge in [-0.25, -0.2) is 0 Å². The summed E-state index contributed by atoms with van der Waals surface area (Å²) >= 11 is 0. The van der Waals surface area contributed by atoms with Crippen LogP contribution in [0.2, 0.25) is 0 Å². The standard InChI is InChI=1S/2CN.Fe.H3N/c2*1-2;;/h;;;1H3. The van der Waals surface area contributed by atoms with E-state index in [-0.39, 0.29) is 21.1 Å². The van der Waals surface area contributed by atoms with Crippen LogP contribution in [0.4, 0.5) is 0 Å². The Kier molecular flexibility index (Phi) is 13.3. The van der Waals surface area contributed by atoms with Gasteiger partial charge in [-0.1, -0.05) is 0 Å². The van der Waals surface area contributed by atoms with Gasteiger partial charge in [-0.2, -0.15) is 0 Å². The number of nitrogens with zero attached hydrogens (tertiary/aromatic N) is 2. The molecular weight excluding hydrogens is 122 g/mol. The molecule has 0 bridgehead atoms. The van der Waals surface area contributed by atoms with E-state index in [1.165, 1.54) is 0 Å². The van der Waals surface area contributed by atoms with Gasteiger partial charge in [-0.3, -0.25) is 0 Å². The molecule has 0 heterocycles. The summed E-state index contributed by atoms with van der Waals surface area (Å²) in [5, 5.41) is 15.2. The Morgan fingerprint density at radius 2 is 1.50 bits per heavy atom. The number of nitriles is 2. The number of hydrogen-bond donors (Lipinski definition) is 1. The Bertz CT molecular complexity index is 73.9. The normalized spacial score (nSPS) is 4.33. The van der Waals surface area contributed by atoms with Crippen molar-refractivity contribution in [1.82, 2.24) is 6.15 Å². The molecule has 0 saturated heterocycles. The minimum absolute atomic E-state index is 0. The van der Waals surface area contributed by atoms with Gasteiger partial charge in [0.15, 0.2) is 0 Å². The third-order valence-electron chi connectivity index (χ3n) is 0.0791. The van der Waals surface area contributed by atoms with Gasteiger partial charge in [0.25, 0.3) is 0 Å².